The second-order valence-corrected chi connectivity index (χ2v) is 7.71. The average Bonchev–Trinajstić information content (AvgIpc) is 3.15. The van der Waals surface area contributed by atoms with Gasteiger partial charge in [-0.3, -0.25) is 14.5 Å². The molecule has 0 unspecified atom stereocenters. The van der Waals surface area contributed by atoms with E-state index in [1.807, 2.05) is 13.0 Å². The number of rotatable bonds is 6. The normalized spacial score (nSPS) is 21.1. The number of ether oxygens (including phenoxy) is 1. The van der Waals surface area contributed by atoms with E-state index < -0.39 is 6.04 Å². The summed E-state index contributed by atoms with van der Waals surface area (Å²) in [5, 5.41) is 6.02. The fourth-order valence-corrected chi connectivity index (χ4v) is 4.17. The molecule has 2 N–H and O–H groups in total. The molecule has 1 aromatic rings. The molecule has 27 heavy (non-hydrogen) atoms. The number of hydrogen-bond donors (Lipinski definition) is 2. The van der Waals surface area contributed by atoms with Crippen LogP contribution in [0.15, 0.2) is 12.1 Å². The zero-order chi connectivity index (χ0) is 19.4. The Morgan fingerprint density at radius 2 is 2.00 bits per heavy atom. The Morgan fingerprint density at radius 3 is 2.70 bits per heavy atom. The van der Waals surface area contributed by atoms with Gasteiger partial charge in [0.2, 0.25) is 11.8 Å². The highest BCUT2D eigenvalue weighted by atomic mass is 16.5. The van der Waals surface area contributed by atoms with Crippen LogP contribution in [-0.2, 0) is 16.1 Å². The van der Waals surface area contributed by atoms with Crippen LogP contribution in [0.25, 0.3) is 0 Å². The van der Waals surface area contributed by atoms with Gasteiger partial charge in [0, 0.05) is 25.7 Å². The first kappa shape index (κ1) is 19.7. The van der Waals surface area contributed by atoms with Crippen LogP contribution in [0.2, 0.25) is 0 Å². The zero-order valence-electron chi connectivity index (χ0n) is 16.6. The van der Waals surface area contributed by atoms with E-state index in [2.05, 4.69) is 28.5 Å². The average molecular weight is 373 g/mol. The summed E-state index contributed by atoms with van der Waals surface area (Å²) >= 11 is 0. The van der Waals surface area contributed by atoms with Gasteiger partial charge in [-0.05, 0) is 49.4 Å². The highest BCUT2D eigenvalue weighted by Gasteiger charge is 2.32. The predicted octanol–water partition coefficient (Wildman–Crippen LogP) is 2.06. The zero-order valence-corrected chi connectivity index (χ0v) is 16.6. The number of hydrogen-bond acceptors (Lipinski definition) is 4. The van der Waals surface area contributed by atoms with Crippen LogP contribution in [-0.4, -0.2) is 49.0 Å². The number of benzene rings is 1. The number of amides is 2. The van der Waals surface area contributed by atoms with E-state index in [9.17, 15) is 9.59 Å². The molecular formula is C21H31N3O3. The highest BCUT2D eigenvalue weighted by Crippen LogP contribution is 2.26. The van der Waals surface area contributed by atoms with Gasteiger partial charge in [-0.1, -0.05) is 18.9 Å². The topological polar surface area (TPSA) is 70.7 Å². The summed E-state index contributed by atoms with van der Waals surface area (Å²) in [6.45, 7) is 6.16. The van der Waals surface area contributed by atoms with Crippen molar-refractivity contribution in [2.24, 2.45) is 0 Å². The summed E-state index contributed by atoms with van der Waals surface area (Å²) in [5.74, 6) is 0.808. The molecule has 1 heterocycles. The van der Waals surface area contributed by atoms with Crippen LogP contribution < -0.4 is 15.4 Å². The van der Waals surface area contributed by atoms with Gasteiger partial charge in [0.1, 0.15) is 5.75 Å². The van der Waals surface area contributed by atoms with E-state index >= 15 is 0 Å². The van der Waals surface area contributed by atoms with Crippen molar-refractivity contribution in [2.75, 3.05) is 20.2 Å². The smallest absolute Gasteiger partial charge is 0.237 e. The van der Waals surface area contributed by atoms with Gasteiger partial charge >= 0.3 is 0 Å². The van der Waals surface area contributed by atoms with Gasteiger partial charge in [-0.2, -0.15) is 0 Å². The lowest BCUT2D eigenvalue weighted by atomic mass is 10.00. The first-order valence-corrected chi connectivity index (χ1v) is 9.93. The van der Waals surface area contributed by atoms with E-state index in [-0.39, 0.29) is 24.3 Å². The molecule has 1 aliphatic heterocycles. The lowest BCUT2D eigenvalue weighted by Crippen LogP contribution is -2.56. The molecule has 3 rings (SSSR count). The molecule has 6 heteroatoms. The van der Waals surface area contributed by atoms with Crippen molar-refractivity contribution in [3.8, 4) is 5.75 Å². The summed E-state index contributed by atoms with van der Waals surface area (Å²) < 4.78 is 5.39. The quantitative estimate of drug-likeness (QED) is 0.801. The van der Waals surface area contributed by atoms with Gasteiger partial charge in [0.15, 0.2) is 0 Å². The third-order valence-corrected chi connectivity index (χ3v) is 5.98. The Hall–Kier alpha value is -2.08. The second-order valence-electron chi connectivity index (χ2n) is 7.71. The van der Waals surface area contributed by atoms with Crippen molar-refractivity contribution >= 4 is 11.8 Å². The van der Waals surface area contributed by atoms with E-state index in [1.54, 1.807) is 7.11 Å². The fourth-order valence-electron chi connectivity index (χ4n) is 4.17. The van der Waals surface area contributed by atoms with Gasteiger partial charge < -0.3 is 15.4 Å². The van der Waals surface area contributed by atoms with Crippen molar-refractivity contribution in [3.63, 3.8) is 0 Å². The number of piperazine rings is 1. The molecule has 1 saturated heterocycles. The predicted molar refractivity (Wildman–Crippen MR) is 105 cm³/mol. The van der Waals surface area contributed by atoms with Crippen LogP contribution in [0, 0.1) is 13.8 Å². The monoisotopic (exact) mass is 373 g/mol. The molecule has 0 radical (unpaired) electrons. The number of nitrogens with one attached hydrogen (secondary N) is 2. The minimum absolute atomic E-state index is 0.0171. The molecule has 1 aliphatic carbocycles. The fraction of sp³-hybridized carbons (Fsp3) is 0.619. The molecule has 2 amide bonds. The lowest BCUT2D eigenvalue weighted by molar-refractivity contribution is -0.134. The van der Waals surface area contributed by atoms with Crippen LogP contribution >= 0.6 is 0 Å². The molecule has 2 fully saturated rings. The standard InChI is InChI=1S/C21H31N3O3/c1-14-15(2)19(27-3)9-8-16(14)13-24-11-10-22-21(26)18(24)12-20(25)23-17-6-4-5-7-17/h8-9,17-18H,4-7,10-13H2,1-3H3,(H,22,26)(H,23,25)/t18-/m1/s1. The van der Waals surface area contributed by atoms with Crippen LogP contribution in [0.4, 0.5) is 0 Å². The van der Waals surface area contributed by atoms with Crippen molar-refractivity contribution in [2.45, 2.75) is 64.6 Å². The highest BCUT2D eigenvalue weighted by molar-refractivity contribution is 5.88. The lowest BCUT2D eigenvalue weighted by Gasteiger charge is -2.35. The molecule has 0 aromatic heterocycles. The molecule has 0 spiro atoms. The summed E-state index contributed by atoms with van der Waals surface area (Å²) in [4.78, 5) is 27.1. The molecule has 0 bridgehead atoms. The van der Waals surface area contributed by atoms with E-state index in [0.717, 1.165) is 30.7 Å². The summed E-state index contributed by atoms with van der Waals surface area (Å²) in [6, 6.07) is 3.90. The maximum Gasteiger partial charge on any atom is 0.237 e. The summed E-state index contributed by atoms with van der Waals surface area (Å²) in [7, 11) is 1.68. The Morgan fingerprint density at radius 1 is 1.26 bits per heavy atom. The molecule has 1 atom stereocenters. The van der Waals surface area contributed by atoms with Crippen LogP contribution in [0.3, 0.4) is 0 Å². The Bertz CT molecular complexity index is 698. The maximum absolute atomic E-state index is 12.5. The Labute approximate surface area is 161 Å². The SMILES string of the molecule is COc1ccc(CN2CCNC(=O)[C@H]2CC(=O)NC2CCCC2)c(C)c1C. The Balaban J connectivity index is 1.69. The first-order chi connectivity index (χ1) is 13.0. The van der Waals surface area contributed by atoms with Crippen LogP contribution in [0.5, 0.6) is 5.75 Å². The third-order valence-electron chi connectivity index (χ3n) is 5.98. The number of methoxy groups -OCH3 is 1. The van der Waals surface area contributed by atoms with Gasteiger partial charge in [0.05, 0.1) is 19.6 Å². The third kappa shape index (κ3) is 4.61. The number of carbonyl (C=O) groups is 2. The Kier molecular flexibility index (Phi) is 6.37. The van der Waals surface area contributed by atoms with Crippen molar-refractivity contribution in [3.05, 3.63) is 28.8 Å². The second kappa shape index (κ2) is 8.74. The number of nitrogens with zero attached hydrogens (tertiary/aromatic N) is 1. The van der Waals surface area contributed by atoms with Gasteiger partial charge in [-0.15, -0.1) is 0 Å². The largest absolute Gasteiger partial charge is 0.496 e. The molecular weight excluding hydrogens is 342 g/mol. The number of carbonyl (C=O) groups excluding carboxylic acids is 2. The van der Waals surface area contributed by atoms with Gasteiger partial charge in [0.25, 0.3) is 0 Å². The molecule has 1 aromatic carbocycles. The van der Waals surface area contributed by atoms with E-state index in [0.29, 0.717) is 13.1 Å². The van der Waals surface area contributed by atoms with Crippen LogP contribution in [0.1, 0.15) is 48.8 Å². The van der Waals surface area contributed by atoms with E-state index in [1.165, 1.54) is 24.0 Å². The summed E-state index contributed by atoms with van der Waals surface area (Å²) in [5.41, 5.74) is 3.46. The summed E-state index contributed by atoms with van der Waals surface area (Å²) in [6.07, 6.45) is 4.68. The van der Waals surface area contributed by atoms with Gasteiger partial charge in [-0.25, -0.2) is 0 Å². The van der Waals surface area contributed by atoms with Crippen molar-refractivity contribution in [1.29, 1.82) is 0 Å². The minimum Gasteiger partial charge on any atom is -0.496 e. The van der Waals surface area contributed by atoms with E-state index in [4.69, 9.17) is 4.74 Å². The molecule has 1 saturated carbocycles. The molecule has 2 aliphatic rings. The molecule has 6 nitrogen and oxygen atoms in total. The maximum atomic E-state index is 12.5. The van der Waals surface area contributed by atoms with Crippen molar-refractivity contribution in [1.82, 2.24) is 15.5 Å². The first-order valence-electron chi connectivity index (χ1n) is 9.93. The minimum atomic E-state index is -0.415. The molecule has 148 valence electrons. The van der Waals surface area contributed by atoms with Crippen molar-refractivity contribution < 1.29 is 14.3 Å².